The van der Waals surface area contributed by atoms with Crippen molar-refractivity contribution in [3.8, 4) is 0 Å². The maximum absolute atomic E-state index is 11.7. The Morgan fingerprint density at radius 2 is 1.73 bits per heavy atom. The molecule has 0 unspecified atom stereocenters. The molecule has 0 aliphatic heterocycles. The predicted molar refractivity (Wildman–Crippen MR) is 83.4 cm³/mol. The fourth-order valence-electron chi connectivity index (χ4n) is 2.42. The molecular weight excluding hydrogens is 286 g/mol. The van der Waals surface area contributed by atoms with Gasteiger partial charge in [-0.25, -0.2) is 4.79 Å². The van der Waals surface area contributed by atoms with E-state index < -0.39 is 11.5 Å². The minimum Gasteiger partial charge on any atom is -0.444 e. The molecule has 0 bridgehead atoms. The standard InChI is InChI=1S/C15H29N3O4/c1-15(2,3)22-14(20)18-12-6-4-11(5-7-12)17-8-9-21-10-13(16)19/h11-12,17H,4-10H2,1-3H3,(H2,16,19)(H,18,20). The summed E-state index contributed by atoms with van der Waals surface area (Å²) < 4.78 is 10.4. The Bertz CT molecular complexity index is 360. The van der Waals surface area contributed by atoms with E-state index in [0.29, 0.717) is 19.2 Å². The minimum atomic E-state index is -0.465. The van der Waals surface area contributed by atoms with Gasteiger partial charge in [-0.05, 0) is 46.5 Å². The molecule has 4 N–H and O–H groups in total. The normalized spacial score (nSPS) is 22.1. The maximum atomic E-state index is 11.7. The molecule has 1 aliphatic rings. The summed E-state index contributed by atoms with van der Waals surface area (Å²) >= 11 is 0. The van der Waals surface area contributed by atoms with Crippen LogP contribution < -0.4 is 16.4 Å². The molecule has 7 nitrogen and oxygen atoms in total. The van der Waals surface area contributed by atoms with Crippen molar-refractivity contribution in [3.05, 3.63) is 0 Å². The van der Waals surface area contributed by atoms with E-state index in [1.807, 2.05) is 20.8 Å². The van der Waals surface area contributed by atoms with Crippen molar-refractivity contribution in [2.24, 2.45) is 5.73 Å². The van der Waals surface area contributed by atoms with Crippen LogP contribution >= 0.6 is 0 Å². The lowest BCUT2D eigenvalue weighted by atomic mass is 9.91. The predicted octanol–water partition coefficient (Wildman–Crippen LogP) is 0.914. The van der Waals surface area contributed by atoms with Gasteiger partial charge in [0.1, 0.15) is 12.2 Å². The first-order chi connectivity index (χ1) is 10.3. The molecule has 0 heterocycles. The summed E-state index contributed by atoms with van der Waals surface area (Å²) in [6, 6.07) is 0.605. The first-order valence-electron chi connectivity index (χ1n) is 7.85. The third-order valence-corrected chi connectivity index (χ3v) is 3.37. The van der Waals surface area contributed by atoms with Crippen LogP contribution in [0, 0.1) is 0 Å². The van der Waals surface area contributed by atoms with Crippen molar-refractivity contribution >= 4 is 12.0 Å². The lowest BCUT2D eigenvalue weighted by molar-refractivity contribution is -0.122. The maximum Gasteiger partial charge on any atom is 0.407 e. The average Bonchev–Trinajstić information content (AvgIpc) is 2.37. The third kappa shape index (κ3) is 8.84. The number of rotatable bonds is 7. The van der Waals surface area contributed by atoms with Crippen LogP contribution in [0.2, 0.25) is 0 Å². The van der Waals surface area contributed by atoms with Crippen LogP contribution in [0.4, 0.5) is 4.79 Å². The highest BCUT2D eigenvalue weighted by molar-refractivity contribution is 5.74. The number of primary amides is 1. The SMILES string of the molecule is CC(C)(C)OC(=O)NC1CCC(NCCOCC(N)=O)CC1. The summed E-state index contributed by atoms with van der Waals surface area (Å²) in [5, 5.41) is 6.31. The number of nitrogens with two attached hydrogens (primary N) is 1. The summed E-state index contributed by atoms with van der Waals surface area (Å²) in [6.07, 6.45) is 3.51. The van der Waals surface area contributed by atoms with Gasteiger partial charge in [0.05, 0.1) is 6.61 Å². The number of carbonyl (C=O) groups is 2. The van der Waals surface area contributed by atoms with Gasteiger partial charge in [0, 0.05) is 18.6 Å². The zero-order chi connectivity index (χ0) is 16.6. The molecule has 0 saturated heterocycles. The second-order valence-corrected chi connectivity index (χ2v) is 6.67. The quantitative estimate of drug-likeness (QED) is 0.606. The van der Waals surface area contributed by atoms with Crippen molar-refractivity contribution < 1.29 is 19.1 Å². The van der Waals surface area contributed by atoms with Crippen LogP contribution in [-0.2, 0) is 14.3 Å². The lowest BCUT2D eigenvalue weighted by Gasteiger charge is -2.30. The summed E-state index contributed by atoms with van der Waals surface area (Å²) in [7, 11) is 0. The molecule has 0 spiro atoms. The van der Waals surface area contributed by atoms with Gasteiger partial charge in [0.25, 0.3) is 0 Å². The molecule has 7 heteroatoms. The second kappa shape index (κ2) is 8.95. The molecule has 128 valence electrons. The average molecular weight is 315 g/mol. The number of hydrogen-bond acceptors (Lipinski definition) is 5. The number of amides is 2. The number of carbonyl (C=O) groups excluding carboxylic acids is 2. The van der Waals surface area contributed by atoms with Gasteiger partial charge in [-0.15, -0.1) is 0 Å². The Kier molecular flexibility index (Phi) is 7.61. The van der Waals surface area contributed by atoms with E-state index in [9.17, 15) is 9.59 Å². The van der Waals surface area contributed by atoms with Gasteiger partial charge in [-0.3, -0.25) is 4.79 Å². The van der Waals surface area contributed by atoms with Gasteiger partial charge in [0.2, 0.25) is 5.91 Å². The van der Waals surface area contributed by atoms with Crippen molar-refractivity contribution in [3.63, 3.8) is 0 Å². The summed E-state index contributed by atoms with van der Waals surface area (Å²) in [4.78, 5) is 22.2. The van der Waals surface area contributed by atoms with Crippen LogP contribution in [0.25, 0.3) is 0 Å². The fourth-order valence-corrected chi connectivity index (χ4v) is 2.42. The largest absolute Gasteiger partial charge is 0.444 e. The molecule has 22 heavy (non-hydrogen) atoms. The molecule has 1 rings (SSSR count). The molecule has 0 aromatic heterocycles. The smallest absolute Gasteiger partial charge is 0.407 e. The first kappa shape index (κ1) is 18.7. The Hall–Kier alpha value is -1.34. The van der Waals surface area contributed by atoms with E-state index in [1.165, 1.54) is 0 Å². The molecule has 1 aliphatic carbocycles. The van der Waals surface area contributed by atoms with E-state index in [4.69, 9.17) is 15.2 Å². The number of ether oxygens (including phenoxy) is 2. The Balaban J connectivity index is 2.10. The fraction of sp³-hybridized carbons (Fsp3) is 0.867. The van der Waals surface area contributed by atoms with Crippen LogP contribution in [0.5, 0.6) is 0 Å². The highest BCUT2D eigenvalue weighted by Gasteiger charge is 2.24. The van der Waals surface area contributed by atoms with Gasteiger partial charge in [0.15, 0.2) is 0 Å². The highest BCUT2D eigenvalue weighted by atomic mass is 16.6. The molecule has 0 atom stereocenters. The van der Waals surface area contributed by atoms with Crippen LogP contribution in [0.3, 0.4) is 0 Å². The molecule has 0 aromatic rings. The van der Waals surface area contributed by atoms with Crippen molar-refractivity contribution in [2.45, 2.75) is 64.1 Å². The number of hydrogen-bond donors (Lipinski definition) is 3. The Morgan fingerprint density at radius 3 is 2.27 bits per heavy atom. The summed E-state index contributed by atoms with van der Waals surface area (Å²) in [5.41, 5.74) is 4.52. The highest BCUT2D eigenvalue weighted by Crippen LogP contribution is 2.19. The number of alkyl carbamates (subject to hydrolysis) is 1. The van der Waals surface area contributed by atoms with Gasteiger partial charge < -0.3 is 25.8 Å². The van der Waals surface area contributed by atoms with Gasteiger partial charge in [-0.1, -0.05) is 0 Å². The van der Waals surface area contributed by atoms with E-state index in [-0.39, 0.29) is 18.7 Å². The van der Waals surface area contributed by atoms with Crippen molar-refractivity contribution in [1.29, 1.82) is 0 Å². The van der Waals surface area contributed by atoms with Crippen molar-refractivity contribution in [2.75, 3.05) is 19.8 Å². The van der Waals surface area contributed by atoms with E-state index >= 15 is 0 Å². The van der Waals surface area contributed by atoms with Crippen molar-refractivity contribution in [1.82, 2.24) is 10.6 Å². The molecule has 0 radical (unpaired) electrons. The molecular formula is C15H29N3O4. The van der Waals surface area contributed by atoms with E-state index in [0.717, 1.165) is 25.7 Å². The molecule has 1 fully saturated rings. The molecule has 1 saturated carbocycles. The zero-order valence-electron chi connectivity index (χ0n) is 13.8. The summed E-state index contributed by atoms with van der Waals surface area (Å²) in [5.74, 6) is -0.450. The third-order valence-electron chi connectivity index (χ3n) is 3.37. The first-order valence-corrected chi connectivity index (χ1v) is 7.85. The topological polar surface area (TPSA) is 103 Å². The molecule has 0 aromatic carbocycles. The van der Waals surface area contributed by atoms with E-state index in [2.05, 4.69) is 10.6 Å². The second-order valence-electron chi connectivity index (χ2n) is 6.67. The Morgan fingerprint density at radius 1 is 1.14 bits per heavy atom. The van der Waals surface area contributed by atoms with Crippen LogP contribution in [0.1, 0.15) is 46.5 Å². The van der Waals surface area contributed by atoms with Crippen LogP contribution in [0.15, 0.2) is 0 Å². The minimum absolute atomic E-state index is 0.0335. The van der Waals surface area contributed by atoms with E-state index in [1.54, 1.807) is 0 Å². The monoisotopic (exact) mass is 315 g/mol. The molecule has 2 amide bonds. The van der Waals surface area contributed by atoms with Gasteiger partial charge in [-0.2, -0.15) is 0 Å². The number of nitrogens with one attached hydrogen (secondary N) is 2. The van der Waals surface area contributed by atoms with Gasteiger partial charge >= 0.3 is 6.09 Å². The van der Waals surface area contributed by atoms with Crippen LogP contribution in [-0.4, -0.2) is 49.4 Å². The summed E-state index contributed by atoms with van der Waals surface area (Å²) in [6.45, 7) is 6.70. The Labute approximate surface area is 132 Å². The lowest BCUT2D eigenvalue weighted by Crippen LogP contribution is -2.44. The zero-order valence-corrected chi connectivity index (χ0v) is 13.8.